The lowest BCUT2D eigenvalue weighted by Gasteiger charge is -2.34. The van der Waals surface area contributed by atoms with Gasteiger partial charge in [-0.2, -0.15) is 5.10 Å². The number of nitrogens with zero attached hydrogens (tertiary/aromatic N) is 5. The zero-order valence-electron chi connectivity index (χ0n) is 11.9. The van der Waals surface area contributed by atoms with Crippen LogP contribution in [-0.4, -0.2) is 31.2 Å². The standard InChI is InChI=1S/C15H21N5/c1-2-20-11-13(9-18-20)10-19-8-4-3-5-15(19)14-6-7-16-12-17-14/h6-7,9,11-12,15H,2-5,8,10H2,1H3/t15-/m0/s1. The molecule has 1 saturated heterocycles. The number of aromatic nitrogens is 4. The molecule has 0 amide bonds. The molecular formula is C15H21N5. The fraction of sp³-hybridized carbons (Fsp3) is 0.533. The maximum absolute atomic E-state index is 4.44. The van der Waals surface area contributed by atoms with Gasteiger partial charge in [-0.15, -0.1) is 0 Å². The smallest absolute Gasteiger partial charge is 0.115 e. The van der Waals surface area contributed by atoms with Crippen molar-refractivity contribution in [3.05, 3.63) is 42.2 Å². The van der Waals surface area contributed by atoms with Gasteiger partial charge in [0, 0.05) is 31.0 Å². The van der Waals surface area contributed by atoms with E-state index >= 15 is 0 Å². The Hall–Kier alpha value is -1.75. The minimum absolute atomic E-state index is 0.414. The molecule has 3 heterocycles. The van der Waals surface area contributed by atoms with Crippen molar-refractivity contribution in [2.24, 2.45) is 0 Å². The monoisotopic (exact) mass is 271 g/mol. The summed E-state index contributed by atoms with van der Waals surface area (Å²) in [5.41, 5.74) is 2.43. The molecule has 0 radical (unpaired) electrons. The van der Waals surface area contributed by atoms with Crippen LogP contribution >= 0.6 is 0 Å². The summed E-state index contributed by atoms with van der Waals surface area (Å²) in [6.45, 7) is 5.12. The average molecular weight is 271 g/mol. The molecule has 3 rings (SSSR count). The van der Waals surface area contributed by atoms with Crippen LogP contribution in [-0.2, 0) is 13.1 Å². The molecule has 2 aromatic heterocycles. The molecule has 106 valence electrons. The third-order valence-corrected chi connectivity index (χ3v) is 3.96. The molecule has 1 atom stereocenters. The van der Waals surface area contributed by atoms with E-state index in [1.165, 1.54) is 24.8 Å². The second kappa shape index (κ2) is 6.13. The van der Waals surface area contributed by atoms with Crippen molar-refractivity contribution < 1.29 is 0 Å². The summed E-state index contributed by atoms with van der Waals surface area (Å²) >= 11 is 0. The van der Waals surface area contributed by atoms with Gasteiger partial charge in [0.05, 0.1) is 17.9 Å². The fourth-order valence-electron chi connectivity index (χ4n) is 2.91. The first kappa shape index (κ1) is 13.2. The Morgan fingerprint density at radius 3 is 3.05 bits per heavy atom. The van der Waals surface area contributed by atoms with E-state index in [-0.39, 0.29) is 0 Å². The Bertz CT molecular complexity index is 536. The maximum Gasteiger partial charge on any atom is 0.115 e. The molecule has 0 spiro atoms. The average Bonchev–Trinajstić information content (AvgIpc) is 2.96. The summed E-state index contributed by atoms with van der Waals surface area (Å²) in [7, 11) is 0. The Morgan fingerprint density at radius 2 is 2.30 bits per heavy atom. The summed E-state index contributed by atoms with van der Waals surface area (Å²) in [6, 6.07) is 2.45. The van der Waals surface area contributed by atoms with Gasteiger partial charge in [0.15, 0.2) is 0 Å². The maximum atomic E-state index is 4.44. The van der Waals surface area contributed by atoms with Crippen LogP contribution in [0.1, 0.15) is 43.5 Å². The number of hydrogen-bond acceptors (Lipinski definition) is 4. The molecule has 20 heavy (non-hydrogen) atoms. The number of aryl methyl sites for hydroxylation is 1. The van der Waals surface area contributed by atoms with Gasteiger partial charge in [-0.25, -0.2) is 9.97 Å². The van der Waals surface area contributed by atoms with Crippen molar-refractivity contribution in [1.82, 2.24) is 24.6 Å². The molecule has 0 aliphatic carbocycles. The zero-order valence-corrected chi connectivity index (χ0v) is 11.9. The van der Waals surface area contributed by atoms with Gasteiger partial charge in [-0.3, -0.25) is 9.58 Å². The SMILES string of the molecule is CCn1cc(CN2CCCC[C@H]2c2ccncn2)cn1. The van der Waals surface area contributed by atoms with E-state index in [4.69, 9.17) is 0 Å². The van der Waals surface area contributed by atoms with E-state index in [0.29, 0.717) is 6.04 Å². The summed E-state index contributed by atoms with van der Waals surface area (Å²) in [6.07, 6.45) is 11.3. The van der Waals surface area contributed by atoms with Crippen LogP contribution in [0.25, 0.3) is 0 Å². The summed E-state index contributed by atoms with van der Waals surface area (Å²) in [5, 5.41) is 4.36. The van der Waals surface area contributed by atoms with Crippen LogP contribution in [0.4, 0.5) is 0 Å². The third-order valence-electron chi connectivity index (χ3n) is 3.96. The van der Waals surface area contributed by atoms with Crippen LogP contribution in [0, 0.1) is 0 Å². The highest BCUT2D eigenvalue weighted by atomic mass is 15.3. The predicted molar refractivity (Wildman–Crippen MR) is 76.9 cm³/mol. The molecule has 5 heteroatoms. The van der Waals surface area contributed by atoms with E-state index < -0.39 is 0 Å². The van der Waals surface area contributed by atoms with Gasteiger partial charge >= 0.3 is 0 Å². The highest BCUT2D eigenvalue weighted by Gasteiger charge is 2.25. The minimum atomic E-state index is 0.414. The summed E-state index contributed by atoms with van der Waals surface area (Å²) < 4.78 is 1.99. The quantitative estimate of drug-likeness (QED) is 0.857. The van der Waals surface area contributed by atoms with Crippen LogP contribution in [0.15, 0.2) is 31.0 Å². The van der Waals surface area contributed by atoms with Crippen molar-refractivity contribution in [2.75, 3.05) is 6.54 Å². The van der Waals surface area contributed by atoms with Gasteiger partial charge in [0.1, 0.15) is 6.33 Å². The van der Waals surface area contributed by atoms with Crippen LogP contribution < -0.4 is 0 Å². The number of likely N-dealkylation sites (tertiary alicyclic amines) is 1. The molecule has 1 aliphatic heterocycles. The van der Waals surface area contributed by atoms with Gasteiger partial charge in [0.25, 0.3) is 0 Å². The lowest BCUT2D eigenvalue weighted by atomic mass is 9.98. The van der Waals surface area contributed by atoms with Crippen LogP contribution in [0.2, 0.25) is 0 Å². The van der Waals surface area contributed by atoms with Crippen molar-refractivity contribution >= 4 is 0 Å². The highest BCUT2D eigenvalue weighted by molar-refractivity contribution is 5.09. The summed E-state index contributed by atoms with van der Waals surface area (Å²) in [4.78, 5) is 11.0. The van der Waals surface area contributed by atoms with E-state index in [1.807, 2.05) is 23.1 Å². The number of rotatable bonds is 4. The van der Waals surface area contributed by atoms with Gasteiger partial charge in [-0.1, -0.05) is 6.42 Å². The molecule has 1 aliphatic rings. The normalized spacial score (nSPS) is 20.1. The molecule has 5 nitrogen and oxygen atoms in total. The van der Waals surface area contributed by atoms with Gasteiger partial charge < -0.3 is 0 Å². The number of hydrogen-bond donors (Lipinski definition) is 0. The second-order valence-corrected chi connectivity index (χ2v) is 5.32. The second-order valence-electron chi connectivity index (χ2n) is 5.32. The van der Waals surface area contributed by atoms with E-state index in [2.05, 4.69) is 33.1 Å². The topological polar surface area (TPSA) is 46.8 Å². The van der Waals surface area contributed by atoms with E-state index in [0.717, 1.165) is 25.3 Å². The molecule has 2 aromatic rings. The first-order valence-electron chi connectivity index (χ1n) is 7.38. The molecule has 0 saturated carbocycles. The van der Waals surface area contributed by atoms with E-state index in [9.17, 15) is 0 Å². The zero-order chi connectivity index (χ0) is 13.8. The first-order valence-corrected chi connectivity index (χ1v) is 7.38. The Labute approximate surface area is 119 Å². The van der Waals surface area contributed by atoms with Crippen molar-refractivity contribution in [2.45, 2.75) is 45.3 Å². The lowest BCUT2D eigenvalue weighted by molar-refractivity contribution is 0.137. The van der Waals surface area contributed by atoms with Gasteiger partial charge in [-0.05, 0) is 32.4 Å². The van der Waals surface area contributed by atoms with Gasteiger partial charge in [0.2, 0.25) is 0 Å². The third kappa shape index (κ3) is 2.88. The molecule has 0 N–H and O–H groups in total. The van der Waals surface area contributed by atoms with Crippen LogP contribution in [0.3, 0.4) is 0 Å². The van der Waals surface area contributed by atoms with E-state index in [1.54, 1.807) is 6.33 Å². The molecule has 0 unspecified atom stereocenters. The van der Waals surface area contributed by atoms with Crippen molar-refractivity contribution in [3.63, 3.8) is 0 Å². The lowest BCUT2D eigenvalue weighted by Crippen LogP contribution is -2.33. The van der Waals surface area contributed by atoms with Crippen molar-refractivity contribution in [1.29, 1.82) is 0 Å². The molecule has 1 fully saturated rings. The largest absolute Gasteiger partial charge is 0.290 e. The molecule has 0 aromatic carbocycles. The Balaban J connectivity index is 1.75. The molecule has 0 bridgehead atoms. The van der Waals surface area contributed by atoms with Crippen molar-refractivity contribution in [3.8, 4) is 0 Å². The minimum Gasteiger partial charge on any atom is -0.290 e. The number of piperidine rings is 1. The predicted octanol–water partition coefficient (Wildman–Crippen LogP) is 2.42. The highest BCUT2D eigenvalue weighted by Crippen LogP contribution is 2.30. The van der Waals surface area contributed by atoms with Crippen LogP contribution in [0.5, 0.6) is 0 Å². The summed E-state index contributed by atoms with van der Waals surface area (Å²) in [5.74, 6) is 0. The Kier molecular flexibility index (Phi) is 4.06. The fourth-order valence-corrected chi connectivity index (χ4v) is 2.91. The Morgan fingerprint density at radius 1 is 1.35 bits per heavy atom. The first-order chi connectivity index (χ1) is 9.86. The molecular weight excluding hydrogens is 250 g/mol.